The zero-order valence-corrected chi connectivity index (χ0v) is 7.66. The number of aromatic carboxylic acids is 1. The van der Waals surface area contributed by atoms with Crippen LogP contribution >= 0.6 is 0 Å². The summed E-state index contributed by atoms with van der Waals surface area (Å²) in [6, 6.07) is 0. The number of nitrogen functional groups attached to an aromatic ring is 1. The van der Waals surface area contributed by atoms with Crippen LogP contribution in [-0.4, -0.2) is 32.6 Å². The van der Waals surface area contributed by atoms with E-state index in [1.54, 1.807) is 0 Å². The van der Waals surface area contributed by atoms with Gasteiger partial charge in [-0.3, -0.25) is 0 Å². The van der Waals surface area contributed by atoms with Gasteiger partial charge in [0.15, 0.2) is 17.7 Å². The Labute approximate surface area is 84.0 Å². The van der Waals surface area contributed by atoms with Gasteiger partial charge in [0, 0.05) is 13.0 Å². The van der Waals surface area contributed by atoms with Crippen molar-refractivity contribution in [3.05, 3.63) is 5.69 Å². The second-order valence-corrected chi connectivity index (χ2v) is 3.04. The lowest BCUT2D eigenvalue weighted by Gasteiger charge is -2.04. The number of hydrogen-bond acceptors (Lipinski definition) is 6. The van der Waals surface area contributed by atoms with Gasteiger partial charge in [-0.05, 0) is 0 Å². The van der Waals surface area contributed by atoms with Gasteiger partial charge in [-0.15, -0.1) is 5.11 Å². The van der Waals surface area contributed by atoms with Gasteiger partial charge in [-0.2, -0.15) is 10.2 Å². The number of hydrogen-bond donors (Lipinski definition) is 3. The molecule has 0 bridgehead atoms. The fourth-order valence-electron chi connectivity index (χ4n) is 1.37. The minimum Gasteiger partial charge on any atom is -0.476 e. The van der Waals surface area contributed by atoms with Crippen LogP contribution in [0.15, 0.2) is 10.2 Å². The second kappa shape index (κ2) is 3.31. The Hall–Kier alpha value is -1.96. The number of azo groups is 1. The summed E-state index contributed by atoms with van der Waals surface area (Å²) in [5.74, 6) is -0.960. The SMILES string of the molecule is Nc1c(C(=O)O)nn2c1N=NC2CCO. The van der Waals surface area contributed by atoms with E-state index in [9.17, 15) is 4.79 Å². The van der Waals surface area contributed by atoms with Crippen LogP contribution < -0.4 is 5.73 Å². The maximum absolute atomic E-state index is 10.7. The third-order valence-corrected chi connectivity index (χ3v) is 2.08. The van der Waals surface area contributed by atoms with Crippen molar-refractivity contribution in [2.45, 2.75) is 12.6 Å². The topological polar surface area (TPSA) is 126 Å². The van der Waals surface area contributed by atoms with E-state index in [2.05, 4.69) is 15.3 Å². The Balaban J connectivity index is 2.42. The van der Waals surface area contributed by atoms with Crippen molar-refractivity contribution in [1.82, 2.24) is 9.78 Å². The van der Waals surface area contributed by atoms with Gasteiger partial charge in [0.1, 0.15) is 5.69 Å². The Kier molecular flexibility index (Phi) is 2.12. The molecule has 1 atom stereocenters. The van der Waals surface area contributed by atoms with E-state index in [0.717, 1.165) is 0 Å². The molecule has 0 saturated heterocycles. The number of aliphatic hydroxyl groups is 1. The number of carboxylic acid groups (broad SMARTS) is 1. The van der Waals surface area contributed by atoms with Crippen molar-refractivity contribution in [2.75, 3.05) is 12.3 Å². The molecule has 8 heteroatoms. The summed E-state index contributed by atoms with van der Waals surface area (Å²) in [4.78, 5) is 10.7. The van der Waals surface area contributed by atoms with E-state index in [4.69, 9.17) is 15.9 Å². The molecule has 1 aromatic rings. The third-order valence-electron chi connectivity index (χ3n) is 2.08. The predicted octanol–water partition coefficient (Wildman–Crippen LogP) is 0.142. The van der Waals surface area contributed by atoms with Crippen molar-refractivity contribution in [3.8, 4) is 0 Å². The summed E-state index contributed by atoms with van der Waals surface area (Å²) >= 11 is 0. The molecule has 0 fully saturated rings. The number of aliphatic hydroxyl groups excluding tert-OH is 1. The van der Waals surface area contributed by atoms with E-state index < -0.39 is 12.1 Å². The molecule has 1 aliphatic rings. The van der Waals surface area contributed by atoms with E-state index in [1.165, 1.54) is 4.68 Å². The van der Waals surface area contributed by atoms with E-state index >= 15 is 0 Å². The molecule has 0 aromatic carbocycles. The Bertz CT molecular complexity index is 438. The van der Waals surface area contributed by atoms with Gasteiger partial charge < -0.3 is 15.9 Å². The first kappa shape index (κ1) is 9.59. The first-order valence-electron chi connectivity index (χ1n) is 4.28. The first-order valence-corrected chi connectivity index (χ1v) is 4.28. The van der Waals surface area contributed by atoms with Crippen LogP contribution in [-0.2, 0) is 0 Å². The lowest BCUT2D eigenvalue weighted by Crippen LogP contribution is -2.08. The largest absolute Gasteiger partial charge is 0.476 e. The number of nitrogens with two attached hydrogens (primary N) is 1. The van der Waals surface area contributed by atoms with Gasteiger partial charge in [0.25, 0.3) is 0 Å². The van der Waals surface area contributed by atoms with Gasteiger partial charge in [-0.1, -0.05) is 0 Å². The van der Waals surface area contributed by atoms with Crippen LogP contribution in [0.3, 0.4) is 0 Å². The smallest absolute Gasteiger partial charge is 0.358 e. The van der Waals surface area contributed by atoms with E-state index in [-0.39, 0.29) is 23.8 Å². The molecule has 0 aliphatic carbocycles. The number of carbonyl (C=O) groups is 1. The second-order valence-electron chi connectivity index (χ2n) is 3.04. The molecule has 80 valence electrons. The molecule has 2 rings (SSSR count). The maximum atomic E-state index is 10.7. The van der Waals surface area contributed by atoms with Crippen LogP contribution in [0.4, 0.5) is 11.5 Å². The average Bonchev–Trinajstić information content (AvgIpc) is 2.69. The summed E-state index contributed by atoms with van der Waals surface area (Å²) in [6.07, 6.45) is -0.128. The minimum absolute atomic E-state index is 0.00619. The minimum atomic E-state index is -1.20. The molecule has 0 saturated carbocycles. The Morgan fingerprint density at radius 1 is 1.60 bits per heavy atom. The van der Waals surface area contributed by atoms with Gasteiger partial charge in [-0.25, -0.2) is 9.48 Å². The molecule has 4 N–H and O–H groups in total. The highest BCUT2D eigenvalue weighted by molar-refractivity contribution is 5.94. The van der Waals surface area contributed by atoms with Crippen LogP contribution in [0.1, 0.15) is 23.1 Å². The molecular formula is C7H9N5O3. The molecular weight excluding hydrogens is 202 g/mol. The van der Waals surface area contributed by atoms with Gasteiger partial charge in [0.05, 0.1) is 0 Å². The quantitative estimate of drug-likeness (QED) is 0.655. The van der Waals surface area contributed by atoms with E-state index in [0.29, 0.717) is 6.42 Å². The first-order chi connectivity index (χ1) is 7.15. The molecule has 2 heterocycles. The zero-order chi connectivity index (χ0) is 11.0. The number of rotatable bonds is 3. The lowest BCUT2D eigenvalue weighted by molar-refractivity contribution is 0.0690. The monoisotopic (exact) mass is 211 g/mol. The number of aromatic nitrogens is 2. The highest BCUT2D eigenvalue weighted by atomic mass is 16.4. The molecule has 15 heavy (non-hydrogen) atoms. The van der Waals surface area contributed by atoms with Crippen LogP contribution in [0.25, 0.3) is 0 Å². The number of carboxylic acids is 1. The van der Waals surface area contributed by atoms with Gasteiger partial charge in [0.2, 0.25) is 0 Å². The van der Waals surface area contributed by atoms with Crippen molar-refractivity contribution in [1.29, 1.82) is 0 Å². The fourth-order valence-corrected chi connectivity index (χ4v) is 1.37. The molecule has 0 amide bonds. The third kappa shape index (κ3) is 1.34. The summed E-state index contributed by atoms with van der Waals surface area (Å²) in [6.45, 7) is -0.0781. The highest BCUT2D eigenvalue weighted by Gasteiger charge is 2.28. The number of nitrogens with zero attached hydrogens (tertiary/aromatic N) is 4. The molecule has 1 aromatic heterocycles. The highest BCUT2D eigenvalue weighted by Crippen LogP contribution is 2.36. The predicted molar refractivity (Wildman–Crippen MR) is 48.9 cm³/mol. The van der Waals surface area contributed by atoms with Crippen molar-refractivity contribution in [2.24, 2.45) is 10.2 Å². The zero-order valence-electron chi connectivity index (χ0n) is 7.66. The van der Waals surface area contributed by atoms with Gasteiger partial charge >= 0.3 is 5.97 Å². The van der Waals surface area contributed by atoms with Crippen molar-refractivity contribution in [3.63, 3.8) is 0 Å². The van der Waals surface area contributed by atoms with Crippen molar-refractivity contribution >= 4 is 17.5 Å². The van der Waals surface area contributed by atoms with Crippen LogP contribution in [0, 0.1) is 0 Å². The van der Waals surface area contributed by atoms with Crippen molar-refractivity contribution < 1.29 is 15.0 Å². The molecule has 1 unspecified atom stereocenters. The number of anilines is 1. The summed E-state index contributed by atoms with van der Waals surface area (Å²) < 4.78 is 1.31. The maximum Gasteiger partial charge on any atom is 0.358 e. The average molecular weight is 211 g/mol. The summed E-state index contributed by atoms with van der Waals surface area (Å²) in [5.41, 5.74) is 5.31. The Morgan fingerprint density at radius 3 is 2.93 bits per heavy atom. The molecule has 1 aliphatic heterocycles. The Morgan fingerprint density at radius 2 is 2.33 bits per heavy atom. The number of fused-ring (bicyclic) bond motifs is 1. The fraction of sp³-hybridized carbons (Fsp3) is 0.429. The molecule has 8 nitrogen and oxygen atoms in total. The summed E-state index contributed by atoms with van der Waals surface area (Å²) in [7, 11) is 0. The van der Waals surface area contributed by atoms with Crippen LogP contribution in [0.5, 0.6) is 0 Å². The normalized spacial score (nSPS) is 18.1. The van der Waals surface area contributed by atoms with Crippen LogP contribution in [0.2, 0.25) is 0 Å². The molecule has 0 spiro atoms. The summed E-state index contributed by atoms with van der Waals surface area (Å²) in [5, 5.41) is 28.8. The van der Waals surface area contributed by atoms with E-state index in [1.807, 2.05) is 0 Å². The lowest BCUT2D eigenvalue weighted by atomic mass is 10.3. The molecule has 0 radical (unpaired) electrons. The standard InChI is InChI=1S/C7H9N5O3/c8-4-5(7(14)15)11-12-3(1-2-13)9-10-6(4)12/h3,13H,1-2,8H2,(H,14,15).